The van der Waals surface area contributed by atoms with E-state index in [4.69, 9.17) is 33.7 Å². The fraction of sp³-hybridized carbons (Fsp3) is 0. The fourth-order valence-corrected chi connectivity index (χ4v) is 2.30. The molecule has 1 heterocycles. The number of aromatic nitrogens is 1. The van der Waals surface area contributed by atoms with Gasteiger partial charge in [0.2, 0.25) is 0 Å². The Balaban J connectivity index is 2.12. The summed E-state index contributed by atoms with van der Waals surface area (Å²) >= 11 is 12.1. The van der Waals surface area contributed by atoms with Crippen LogP contribution in [0.5, 0.6) is 11.5 Å². The Labute approximate surface area is 125 Å². The molecule has 0 aliphatic rings. The highest BCUT2D eigenvalue weighted by atomic mass is 35.5. The number of nitrogens with two attached hydrogens (primary N) is 1. The number of benzene rings is 2. The predicted octanol–water partition coefficient (Wildman–Crippen LogP) is 4.92. The van der Waals surface area contributed by atoms with Crippen LogP contribution in [0.3, 0.4) is 0 Å². The average Bonchev–Trinajstić information content (AvgIpc) is 2.47. The molecule has 0 saturated carbocycles. The van der Waals surface area contributed by atoms with Crippen LogP contribution in [0.1, 0.15) is 0 Å². The van der Waals surface area contributed by atoms with Crippen molar-refractivity contribution in [3.8, 4) is 11.5 Å². The average molecular weight is 305 g/mol. The minimum Gasteiger partial charge on any atom is -0.453 e. The van der Waals surface area contributed by atoms with Gasteiger partial charge in [-0.2, -0.15) is 0 Å². The van der Waals surface area contributed by atoms with Crippen molar-refractivity contribution in [3.05, 3.63) is 58.7 Å². The fourth-order valence-electron chi connectivity index (χ4n) is 1.92. The molecule has 3 aromatic rings. The predicted molar refractivity (Wildman–Crippen MR) is 82.7 cm³/mol. The van der Waals surface area contributed by atoms with E-state index < -0.39 is 0 Å². The Bertz CT molecular complexity index is 790. The highest BCUT2D eigenvalue weighted by molar-refractivity contribution is 6.35. The molecule has 0 atom stereocenters. The molecule has 2 N–H and O–H groups in total. The first-order valence-corrected chi connectivity index (χ1v) is 6.67. The minimum absolute atomic E-state index is 0.396. The lowest BCUT2D eigenvalue weighted by Gasteiger charge is -2.11. The van der Waals surface area contributed by atoms with Crippen LogP contribution in [-0.2, 0) is 0 Å². The molecule has 0 amide bonds. The molecule has 0 saturated heterocycles. The SMILES string of the molecule is Nc1c(Cl)cccc1Oc1ccc(Cl)c2cccnc12. The molecule has 3 rings (SSSR count). The number of hydrogen-bond donors (Lipinski definition) is 1. The smallest absolute Gasteiger partial charge is 0.153 e. The molecule has 2 aromatic carbocycles. The summed E-state index contributed by atoms with van der Waals surface area (Å²) in [5.41, 5.74) is 6.98. The maximum absolute atomic E-state index is 6.15. The highest BCUT2D eigenvalue weighted by Gasteiger charge is 2.10. The van der Waals surface area contributed by atoms with Gasteiger partial charge in [-0.15, -0.1) is 0 Å². The van der Waals surface area contributed by atoms with E-state index in [1.54, 1.807) is 36.5 Å². The molecular weight excluding hydrogens is 295 g/mol. The number of anilines is 1. The molecule has 0 bridgehead atoms. The van der Waals surface area contributed by atoms with Crippen molar-refractivity contribution in [1.82, 2.24) is 4.98 Å². The van der Waals surface area contributed by atoms with Crippen molar-refractivity contribution in [2.24, 2.45) is 0 Å². The quantitative estimate of drug-likeness (QED) is 0.684. The summed E-state index contributed by atoms with van der Waals surface area (Å²) < 4.78 is 5.83. The lowest BCUT2D eigenvalue weighted by atomic mass is 10.2. The van der Waals surface area contributed by atoms with Gasteiger partial charge in [0.1, 0.15) is 5.52 Å². The highest BCUT2D eigenvalue weighted by Crippen LogP contribution is 2.36. The van der Waals surface area contributed by atoms with E-state index in [2.05, 4.69) is 4.98 Å². The number of fused-ring (bicyclic) bond motifs is 1. The Hall–Kier alpha value is -1.97. The molecule has 0 spiro atoms. The lowest BCUT2D eigenvalue weighted by Crippen LogP contribution is -1.94. The van der Waals surface area contributed by atoms with E-state index >= 15 is 0 Å². The largest absolute Gasteiger partial charge is 0.453 e. The summed E-state index contributed by atoms with van der Waals surface area (Å²) in [7, 11) is 0. The van der Waals surface area contributed by atoms with Crippen LogP contribution >= 0.6 is 23.2 Å². The number of ether oxygens (including phenoxy) is 1. The molecule has 0 aliphatic carbocycles. The Kier molecular flexibility index (Phi) is 3.38. The molecule has 0 radical (unpaired) electrons. The Morgan fingerprint density at radius 2 is 1.75 bits per heavy atom. The molecule has 0 fully saturated rings. The summed E-state index contributed by atoms with van der Waals surface area (Å²) in [6.45, 7) is 0. The number of halogens is 2. The number of pyridine rings is 1. The van der Waals surface area contributed by atoms with Gasteiger partial charge in [0.25, 0.3) is 0 Å². The van der Waals surface area contributed by atoms with Gasteiger partial charge in [-0.3, -0.25) is 4.98 Å². The van der Waals surface area contributed by atoms with Gasteiger partial charge in [-0.1, -0.05) is 29.3 Å². The zero-order chi connectivity index (χ0) is 14.1. The van der Waals surface area contributed by atoms with Gasteiger partial charge in [-0.25, -0.2) is 0 Å². The van der Waals surface area contributed by atoms with E-state index in [0.29, 0.717) is 32.7 Å². The first kappa shape index (κ1) is 13.0. The maximum Gasteiger partial charge on any atom is 0.153 e. The monoisotopic (exact) mass is 304 g/mol. The van der Waals surface area contributed by atoms with E-state index in [9.17, 15) is 0 Å². The van der Waals surface area contributed by atoms with Crippen molar-refractivity contribution in [2.45, 2.75) is 0 Å². The van der Waals surface area contributed by atoms with Crippen molar-refractivity contribution in [2.75, 3.05) is 5.73 Å². The second kappa shape index (κ2) is 5.19. The molecule has 100 valence electrons. The van der Waals surface area contributed by atoms with Gasteiger partial charge < -0.3 is 10.5 Å². The third-order valence-electron chi connectivity index (χ3n) is 2.91. The van der Waals surface area contributed by atoms with Crippen molar-refractivity contribution >= 4 is 39.8 Å². The molecule has 20 heavy (non-hydrogen) atoms. The third-order valence-corrected chi connectivity index (χ3v) is 3.57. The number of nitrogens with zero attached hydrogens (tertiary/aromatic N) is 1. The normalized spacial score (nSPS) is 10.7. The molecule has 3 nitrogen and oxygen atoms in total. The summed E-state index contributed by atoms with van der Waals surface area (Å²) in [5.74, 6) is 1.07. The molecule has 0 unspecified atom stereocenters. The second-order valence-corrected chi connectivity index (χ2v) is 5.01. The summed E-state index contributed by atoms with van der Waals surface area (Å²) in [5, 5.41) is 1.90. The number of para-hydroxylation sites is 1. The summed E-state index contributed by atoms with van der Waals surface area (Å²) in [4.78, 5) is 4.31. The van der Waals surface area contributed by atoms with E-state index in [0.717, 1.165) is 5.39 Å². The lowest BCUT2D eigenvalue weighted by molar-refractivity contribution is 0.489. The van der Waals surface area contributed by atoms with Crippen LogP contribution in [0.25, 0.3) is 10.9 Å². The van der Waals surface area contributed by atoms with E-state index in [1.807, 2.05) is 12.1 Å². The van der Waals surface area contributed by atoms with Crippen LogP contribution in [0.4, 0.5) is 5.69 Å². The number of hydrogen-bond acceptors (Lipinski definition) is 3. The van der Waals surface area contributed by atoms with Gasteiger partial charge in [0, 0.05) is 11.6 Å². The molecular formula is C15H10Cl2N2O. The van der Waals surface area contributed by atoms with Crippen molar-refractivity contribution < 1.29 is 4.74 Å². The summed E-state index contributed by atoms with van der Waals surface area (Å²) in [6.07, 6.45) is 1.69. The van der Waals surface area contributed by atoms with E-state index in [1.165, 1.54) is 0 Å². The van der Waals surface area contributed by atoms with E-state index in [-0.39, 0.29) is 0 Å². The Morgan fingerprint density at radius 1 is 0.900 bits per heavy atom. The zero-order valence-corrected chi connectivity index (χ0v) is 11.8. The van der Waals surface area contributed by atoms with Crippen LogP contribution in [0.2, 0.25) is 10.0 Å². The molecule has 5 heteroatoms. The Morgan fingerprint density at radius 3 is 2.60 bits per heavy atom. The zero-order valence-electron chi connectivity index (χ0n) is 10.3. The van der Waals surface area contributed by atoms with Crippen LogP contribution in [0.15, 0.2) is 48.7 Å². The van der Waals surface area contributed by atoms with Crippen LogP contribution in [0, 0.1) is 0 Å². The maximum atomic E-state index is 6.15. The van der Waals surface area contributed by atoms with Crippen molar-refractivity contribution in [3.63, 3.8) is 0 Å². The molecule has 0 aliphatic heterocycles. The van der Waals surface area contributed by atoms with Crippen LogP contribution in [-0.4, -0.2) is 4.98 Å². The summed E-state index contributed by atoms with van der Waals surface area (Å²) in [6, 6.07) is 12.5. The van der Waals surface area contributed by atoms with Crippen LogP contribution < -0.4 is 10.5 Å². The third kappa shape index (κ3) is 2.26. The van der Waals surface area contributed by atoms with Gasteiger partial charge in [0.15, 0.2) is 11.5 Å². The minimum atomic E-state index is 0.396. The van der Waals surface area contributed by atoms with Gasteiger partial charge in [-0.05, 0) is 36.4 Å². The number of nitrogen functional groups attached to an aromatic ring is 1. The first-order chi connectivity index (χ1) is 9.66. The topological polar surface area (TPSA) is 48.1 Å². The first-order valence-electron chi connectivity index (χ1n) is 5.92. The second-order valence-electron chi connectivity index (χ2n) is 4.20. The molecule has 1 aromatic heterocycles. The van der Waals surface area contributed by atoms with Crippen molar-refractivity contribution in [1.29, 1.82) is 0 Å². The number of rotatable bonds is 2. The standard InChI is InChI=1S/C15H10Cl2N2O/c16-10-6-7-13(15-9(10)3-2-8-19-15)20-12-5-1-4-11(17)14(12)18/h1-8H,18H2. The van der Waals surface area contributed by atoms with Gasteiger partial charge >= 0.3 is 0 Å². The van der Waals surface area contributed by atoms with Gasteiger partial charge in [0.05, 0.1) is 15.7 Å².